The van der Waals surface area contributed by atoms with E-state index in [1.807, 2.05) is 14.1 Å². The third-order valence-electron chi connectivity index (χ3n) is 1.20. The van der Waals surface area contributed by atoms with Gasteiger partial charge in [0.2, 0.25) is 0 Å². The zero-order valence-electron chi connectivity index (χ0n) is 7.42. The van der Waals surface area contributed by atoms with E-state index in [9.17, 15) is 4.79 Å². The van der Waals surface area contributed by atoms with Crippen molar-refractivity contribution in [2.45, 2.75) is 6.92 Å². The molecule has 0 aromatic rings. The Morgan fingerprint density at radius 3 is 2.45 bits per heavy atom. The van der Waals surface area contributed by atoms with E-state index in [1.54, 1.807) is 11.8 Å². The van der Waals surface area contributed by atoms with Crippen LogP contribution < -0.4 is 0 Å². The van der Waals surface area contributed by atoms with Crippen molar-refractivity contribution in [3.8, 4) is 0 Å². The Hall–Kier alpha value is -0.900. The number of carbonyl (C=O) groups excluding carboxylic acids is 1. The zero-order chi connectivity index (χ0) is 8.85. The van der Waals surface area contributed by atoms with Crippen molar-refractivity contribution in [2.75, 3.05) is 27.8 Å². The second kappa shape index (κ2) is 4.85. The number of rotatable bonds is 2. The van der Waals surface area contributed by atoms with Crippen LogP contribution in [0.2, 0.25) is 0 Å². The fourth-order valence-electron chi connectivity index (χ4n) is 0.436. The van der Waals surface area contributed by atoms with Gasteiger partial charge < -0.3 is 9.64 Å². The molecule has 0 spiro atoms. The molecule has 0 aliphatic heterocycles. The lowest BCUT2D eigenvalue weighted by atomic mass is 10.6. The van der Waals surface area contributed by atoms with E-state index < -0.39 is 0 Å². The second-order valence-electron chi connectivity index (χ2n) is 2.38. The lowest BCUT2D eigenvalue weighted by molar-refractivity contribution is -0.121. The summed E-state index contributed by atoms with van der Waals surface area (Å²) in [5.74, 6) is 0.436. The smallest absolute Gasteiger partial charge is 0.273 e. The van der Waals surface area contributed by atoms with Gasteiger partial charge in [-0.15, -0.1) is 0 Å². The summed E-state index contributed by atoms with van der Waals surface area (Å²) < 4.78 is 4.61. The molecule has 0 N–H and O–H groups in total. The third-order valence-corrected chi connectivity index (χ3v) is 1.20. The summed E-state index contributed by atoms with van der Waals surface area (Å²) in [6, 6.07) is 0. The minimum Gasteiger partial charge on any atom is -0.375 e. The molecule has 0 fully saturated rings. The molecule has 1 amide bonds. The standard InChI is InChI=1S/C7H14N2O2/c1-6(9(2)3)8-7(10)5-11-4/h5H2,1-4H3/b8-6-. The van der Waals surface area contributed by atoms with Gasteiger partial charge in [-0.1, -0.05) is 0 Å². The van der Waals surface area contributed by atoms with Crippen molar-refractivity contribution < 1.29 is 9.53 Å². The molecule has 0 saturated carbocycles. The third kappa shape index (κ3) is 4.50. The first-order valence-electron chi connectivity index (χ1n) is 3.32. The van der Waals surface area contributed by atoms with E-state index in [0.717, 1.165) is 0 Å². The molecule has 4 nitrogen and oxygen atoms in total. The van der Waals surface area contributed by atoms with Gasteiger partial charge in [0.05, 0.1) is 0 Å². The number of hydrogen-bond acceptors (Lipinski definition) is 2. The highest BCUT2D eigenvalue weighted by atomic mass is 16.5. The monoisotopic (exact) mass is 158 g/mol. The quantitative estimate of drug-likeness (QED) is 0.424. The SMILES string of the molecule is COCC(=O)/N=C(/C)N(C)C. The van der Waals surface area contributed by atoms with Gasteiger partial charge in [0.15, 0.2) is 0 Å². The van der Waals surface area contributed by atoms with Crippen molar-refractivity contribution >= 4 is 11.7 Å². The minimum absolute atomic E-state index is 0.0468. The van der Waals surface area contributed by atoms with Crippen LogP contribution in [0.4, 0.5) is 0 Å². The zero-order valence-corrected chi connectivity index (χ0v) is 7.42. The van der Waals surface area contributed by atoms with Gasteiger partial charge in [0.25, 0.3) is 5.91 Å². The van der Waals surface area contributed by atoms with E-state index in [0.29, 0.717) is 5.84 Å². The number of hydrogen-bond donors (Lipinski definition) is 0. The summed E-state index contributed by atoms with van der Waals surface area (Å²) in [7, 11) is 5.14. The lowest BCUT2D eigenvalue weighted by Crippen LogP contribution is -2.20. The average Bonchev–Trinajstić information content (AvgIpc) is 1.87. The average molecular weight is 158 g/mol. The molecule has 0 saturated heterocycles. The fraction of sp³-hybridized carbons (Fsp3) is 0.714. The van der Waals surface area contributed by atoms with E-state index in [4.69, 9.17) is 0 Å². The Bertz CT molecular complexity index is 164. The Kier molecular flexibility index (Phi) is 4.45. The highest BCUT2D eigenvalue weighted by Gasteiger charge is 1.99. The topological polar surface area (TPSA) is 41.9 Å². The molecule has 0 aromatic carbocycles. The molecule has 0 aliphatic carbocycles. The van der Waals surface area contributed by atoms with Crippen molar-refractivity contribution in [1.82, 2.24) is 4.90 Å². The molecule has 64 valence electrons. The maximum absolute atomic E-state index is 10.8. The van der Waals surface area contributed by atoms with Gasteiger partial charge in [0.1, 0.15) is 12.4 Å². The molecular formula is C7H14N2O2. The minimum atomic E-state index is -0.251. The van der Waals surface area contributed by atoms with Crippen LogP contribution >= 0.6 is 0 Å². The molecule has 0 aromatic heterocycles. The van der Waals surface area contributed by atoms with E-state index >= 15 is 0 Å². The van der Waals surface area contributed by atoms with Crippen LogP contribution in [0.25, 0.3) is 0 Å². The molecule has 0 unspecified atom stereocenters. The number of amides is 1. The summed E-state index contributed by atoms with van der Waals surface area (Å²) in [6.45, 7) is 1.82. The van der Waals surface area contributed by atoms with Crippen LogP contribution in [0.5, 0.6) is 0 Å². The molecule has 11 heavy (non-hydrogen) atoms. The van der Waals surface area contributed by atoms with Gasteiger partial charge >= 0.3 is 0 Å². The summed E-state index contributed by atoms with van der Waals surface area (Å²) in [5, 5.41) is 0. The summed E-state index contributed by atoms with van der Waals surface area (Å²) in [5.41, 5.74) is 0. The molecule has 0 heterocycles. The summed E-state index contributed by atoms with van der Waals surface area (Å²) >= 11 is 0. The first-order valence-corrected chi connectivity index (χ1v) is 3.32. The lowest BCUT2D eigenvalue weighted by Gasteiger charge is -2.09. The van der Waals surface area contributed by atoms with Gasteiger partial charge in [0, 0.05) is 21.2 Å². The van der Waals surface area contributed by atoms with Crippen LogP contribution in [0.3, 0.4) is 0 Å². The van der Waals surface area contributed by atoms with E-state index in [-0.39, 0.29) is 12.5 Å². The van der Waals surface area contributed by atoms with Crippen molar-refractivity contribution in [3.63, 3.8) is 0 Å². The van der Waals surface area contributed by atoms with Crippen LogP contribution in [0.15, 0.2) is 4.99 Å². The molecule has 0 bridgehead atoms. The van der Waals surface area contributed by atoms with Crippen LogP contribution in [0.1, 0.15) is 6.92 Å². The Balaban J connectivity index is 3.97. The molecule has 0 radical (unpaired) electrons. The van der Waals surface area contributed by atoms with Crippen LogP contribution in [-0.4, -0.2) is 44.5 Å². The van der Waals surface area contributed by atoms with E-state index in [2.05, 4.69) is 9.73 Å². The van der Waals surface area contributed by atoms with Gasteiger partial charge in [-0.2, -0.15) is 4.99 Å². The second-order valence-corrected chi connectivity index (χ2v) is 2.38. The molecule has 0 atom stereocenters. The predicted molar refractivity (Wildman–Crippen MR) is 43.7 cm³/mol. The van der Waals surface area contributed by atoms with Crippen molar-refractivity contribution in [1.29, 1.82) is 0 Å². The van der Waals surface area contributed by atoms with Gasteiger partial charge in [-0.05, 0) is 6.92 Å². The first-order chi connectivity index (χ1) is 5.07. The number of amidine groups is 1. The number of nitrogens with zero attached hydrogens (tertiary/aromatic N) is 2. The maximum atomic E-state index is 10.8. The Morgan fingerprint density at radius 1 is 1.55 bits per heavy atom. The maximum Gasteiger partial charge on any atom is 0.273 e. The number of carbonyl (C=O) groups is 1. The van der Waals surface area contributed by atoms with Crippen LogP contribution in [-0.2, 0) is 9.53 Å². The van der Waals surface area contributed by atoms with E-state index in [1.165, 1.54) is 7.11 Å². The molecule has 4 heteroatoms. The molecular weight excluding hydrogens is 144 g/mol. The molecule has 0 rings (SSSR count). The predicted octanol–water partition coefficient (Wildman–Crippen LogP) is 0.139. The number of methoxy groups -OCH3 is 1. The Morgan fingerprint density at radius 2 is 2.09 bits per heavy atom. The van der Waals surface area contributed by atoms with Crippen LogP contribution in [0, 0.1) is 0 Å². The van der Waals surface area contributed by atoms with Gasteiger partial charge in [-0.25, -0.2) is 0 Å². The van der Waals surface area contributed by atoms with Crippen molar-refractivity contribution in [3.05, 3.63) is 0 Å². The molecule has 0 aliphatic rings. The summed E-state index contributed by atoms with van der Waals surface area (Å²) in [6.07, 6.45) is 0. The largest absolute Gasteiger partial charge is 0.375 e. The fourth-order valence-corrected chi connectivity index (χ4v) is 0.436. The van der Waals surface area contributed by atoms with Gasteiger partial charge in [-0.3, -0.25) is 4.79 Å². The summed E-state index contributed by atoms with van der Waals surface area (Å²) in [4.78, 5) is 16.3. The highest BCUT2D eigenvalue weighted by Crippen LogP contribution is 1.84. The Labute approximate surface area is 66.9 Å². The highest BCUT2D eigenvalue weighted by molar-refractivity contribution is 5.93. The first kappa shape index (κ1) is 10.1. The number of ether oxygens (including phenoxy) is 1. The van der Waals surface area contributed by atoms with Crippen molar-refractivity contribution in [2.24, 2.45) is 4.99 Å². The number of aliphatic imine (C=N–C) groups is 1. The normalized spacial score (nSPS) is 11.5.